The van der Waals surface area contributed by atoms with Crippen LogP contribution in [0.3, 0.4) is 0 Å². The molecule has 2 aromatic carbocycles. The zero-order valence-corrected chi connectivity index (χ0v) is 17.3. The lowest BCUT2D eigenvalue weighted by atomic mass is 10.0. The number of hydrogen-bond donors (Lipinski definition) is 1. The quantitative estimate of drug-likeness (QED) is 0.679. The summed E-state index contributed by atoms with van der Waals surface area (Å²) in [4.78, 5) is 21.0. The van der Waals surface area contributed by atoms with Gasteiger partial charge in [-0.1, -0.05) is 41.9 Å². The molecule has 1 saturated heterocycles. The van der Waals surface area contributed by atoms with E-state index in [0.717, 1.165) is 5.56 Å². The Balaban J connectivity index is 1.57. The lowest BCUT2D eigenvalue weighted by Gasteiger charge is -2.33. The number of aromatic nitrogens is 3. The SMILES string of the molecule is O=C(c1ccc(Cl)cc1)N1CCN(Cc2ccccc2)CC(O)(Cn2cncn2)C1. The van der Waals surface area contributed by atoms with Crippen LogP contribution in [-0.2, 0) is 13.1 Å². The van der Waals surface area contributed by atoms with Gasteiger partial charge in [0.1, 0.15) is 18.3 Å². The molecule has 156 valence electrons. The molecule has 8 heteroatoms. The van der Waals surface area contributed by atoms with Gasteiger partial charge in [-0.3, -0.25) is 9.69 Å². The summed E-state index contributed by atoms with van der Waals surface area (Å²) >= 11 is 5.96. The van der Waals surface area contributed by atoms with Gasteiger partial charge in [-0.15, -0.1) is 0 Å². The zero-order valence-electron chi connectivity index (χ0n) is 16.6. The molecule has 1 fully saturated rings. The van der Waals surface area contributed by atoms with E-state index >= 15 is 0 Å². The molecule has 0 saturated carbocycles. The van der Waals surface area contributed by atoms with Crippen LogP contribution < -0.4 is 0 Å². The predicted molar refractivity (Wildman–Crippen MR) is 114 cm³/mol. The van der Waals surface area contributed by atoms with Crippen molar-refractivity contribution < 1.29 is 9.90 Å². The van der Waals surface area contributed by atoms with Crippen molar-refractivity contribution in [3.8, 4) is 0 Å². The van der Waals surface area contributed by atoms with Crippen LogP contribution >= 0.6 is 11.6 Å². The Labute approximate surface area is 180 Å². The molecule has 30 heavy (non-hydrogen) atoms. The maximum absolute atomic E-state index is 13.1. The number of nitrogens with zero attached hydrogens (tertiary/aromatic N) is 5. The van der Waals surface area contributed by atoms with Gasteiger partial charge in [-0.25, -0.2) is 9.67 Å². The second-order valence-electron chi connectivity index (χ2n) is 7.75. The second-order valence-corrected chi connectivity index (χ2v) is 8.18. The van der Waals surface area contributed by atoms with Crippen molar-refractivity contribution in [1.82, 2.24) is 24.6 Å². The summed E-state index contributed by atoms with van der Waals surface area (Å²) in [5, 5.41) is 16.3. The van der Waals surface area contributed by atoms with E-state index in [2.05, 4.69) is 27.1 Å². The van der Waals surface area contributed by atoms with Crippen molar-refractivity contribution in [2.45, 2.75) is 18.7 Å². The molecular formula is C22H24ClN5O2. The monoisotopic (exact) mass is 425 g/mol. The maximum atomic E-state index is 13.1. The summed E-state index contributed by atoms with van der Waals surface area (Å²) in [6, 6.07) is 17.0. The van der Waals surface area contributed by atoms with Crippen molar-refractivity contribution >= 4 is 17.5 Å². The lowest BCUT2D eigenvalue weighted by Crippen LogP contribution is -2.51. The van der Waals surface area contributed by atoms with E-state index < -0.39 is 5.60 Å². The largest absolute Gasteiger partial charge is 0.385 e. The van der Waals surface area contributed by atoms with Crippen molar-refractivity contribution in [1.29, 1.82) is 0 Å². The Hall–Kier alpha value is -2.74. The molecule has 1 aliphatic heterocycles. The first-order valence-corrected chi connectivity index (χ1v) is 10.2. The first kappa shape index (κ1) is 20.5. The highest BCUT2D eigenvalue weighted by molar-refractivity contribution is 6.30. The van der Waals surface area contributed by atoms with Gasteiger partial charge in [0.25, 0.3) is 5.91 Å². The average molecular weight is 426 g/mol. The highest BCUT2D eigenvalue weighted by Gasteiger charge is 2.37. The number of aliphatic hydroxyl groups is 1. The predicted octanol–water partition coefficient (Wildman–Crippen LogP) is 2.32. The van der Waals surface area contributed by atoms with E-state index in [-0.39, 0.29) is 19.0 Å². The molecule has 1 aliphatic rings. The second kappa shape index (κ2) is 8.95. The van der Waals surface area contributed by atoms with Crippen molar-refractivity contribution in [2.24, 2.45) is 0 Å². The van der Waals surface area contributed by atoms with Crippen LogP contribution in [0.25, 0.3) is 0 Å². The molecule has 4 rings (SSSR count). The fourth-order valence-corrected chi connectivity index (χ4v) is 4.01. The number of carbonyl (C=O) groups excluding carboxylic acids is 1. The summed E-state index contributed by atoms with van der Waals surface area (Å²) in [5.74, 6) is -0.120. The fourth-order valence-electron chi connectivity index (χ4n) is 3.88. The summed E-state index contributed by atoms with van der Waals surface area (Å²) < 4.78 is 1.61. The molecule has 1 amide bonds. The number of amides is 1. The first-order chi connectivity index (χ1) is 14.5. The van der Waals surface area contributed by atoms with Gasteiger partial charge in [-0.05, 0) is 29.8 Å². The lowest BCUT2D eigenvalue weighted by molar-refractivity contribution is -0.0184. The first-order valence-electron chi connectivity index (χ1n) is 9.87. The summed E-state index contributed by atoms with van der Waals surface area (Å²) in [5.41, 5.74) is 0.554. The average Bonchev–Trinajstić information content (AvgIpc) is 3.18. The van der Waals surface area contributed by atoms with E-state index in [1.165, 1.54) is 6.33 Å². The molecule has 1 aromatic heterocycles. The molecule has 3 aromatic rings. The Morgan fingerprint density at radius 3 is 2.53 bits per heavy atom. The van der Waals surface area contributed by atoms with Crippen LogP contribution in [0.1, 0.15) is 15.9 Å². The molecule has 0 radical (unpaired) electrons. The smallest absolute Gasteiger partial charge is 0.253 e. The van der Waals surface area contributed by atoms with E-state index in [0.29, 0.717) is 36.8 Å². The Bertz CT molecular complexity index is 965. The van der Waals surface area contributed by atoms with Gasteiger partial charge in [0.15, 0.2) is 0 Å². The number of hydrogen-bond acceptors (Lipinski definition) is 5. The van der Waals surface area contributed by atoms with Gasteiger partial charge in [0.05, 0.1) is 13.1 Å². The molecule has 1 atom stereocenters. The normalized spacial score (nSPS) is 20.1. The van der Waals surface area contributed by atoms with Gasteiger partial charge in [-0.2, -0.15) is 5.10 Å². The highest BCUT2D eigenvalue weighted by atomic mass is 35.5. The molecular weight excluding hydrogens is 402 g/mol. The third kappa shape index (κ3) is 5.05. The van der Waals surface area contributed by atoms with Crippen molar-refractivity contribution in [2.75, 3.05) is 26.2 Å². The topological polar surface area (TPSA) is 74.5 Å². The van der Waals surface area contributed by atoms with E-state index in [1.54, 1.807) is 40.2 Å². The minimum atomic E-state index is -1.17. The Morgan fingerprint density at radius 2 is 1.83 bits per heavy atom. The number of β-amino-alcohol motifs (C(OH)–C–C–N with tert-alkyl or cyclic N) is 1. The van der Waals surface area contributed by atoms with Crippen LogP contribution in [0.4, 0.5) is 0 Å². The molecule has 0 aliphatic carbocycles. The zero-order chi connectivity index (χ0) is 21.0. The third-order valence-electron chi connectivity index (χ3n) is 5.24. The number of benzene rings is 2. The number of rotatable bonds is 5. The van der Waals surface area contributed by atoms with Crippen LogP contribution in [0.2, 0.25) is 5.02 Å². The minimum Gasteiger partial charge on any atom is -0.385 e. The van der Waals surface area contributed by atoms with Gasteiger partial charge in [0, 0.05) is 36.8 Å². The molecule has 0 spiro atoms. The number of carbonyl (C=O) groups is 1. The number of halogens is 1. The van der Waals surface area contributed by atoms with Crippen molar-refractivity contribution in [3.63, 3.8) is 0 Å². The highest BCUT2D eigenvalue weighted by Crippen LogP contribution is 2.21. The summed E-state index contributed by atoms with van der Waals surface area (Å²) in [6.45, 7) is 2.76. The van der Waals surface area contributed by atoms with Crippen LogP contribution in [0.15, 0.2) is 67.3 Å². The Kier molecular flexibility index (Phi) is 6.13. The van der Waals surface area contributed by atoms with Crippen LogP contribution in [-0.4, -0.2) is 67.4 Å². The fraction of sp³-hybridized carbons (Fsp3) is 0.318. The van der Waals surface area contributed by atoms with Crippen LogP contribution in [0.5, 0.6) is 0 Å². The van der Waals surface area contributed by atoms with E-state index in [4.69, 9.17) is 11.6 Å². The van der Waals surface area contributed by atoms with E-state index in [9.17, 15) is 9.90 Å². The summed E-state index contributed by atoms with van der Waals surface area (Å²) in [7, 11) is 0. The molecule has 7 nitrogen and oxygen atoms in total. The van der Waals surface area contributed by atoms with E-state index in [1.807, 2.05) is 18.2 Å². The maximum Gasteiger partial charge on any atom is 0.253 e. The van der Waals surface area contributed by atoms with Crippen LogP contribution in [0, 0.1) is 0 Å². The van der Waals surface area contributed by atoms with Gasteiger partial charge >= 0.3 is 0 Å². The molecule has 2 heterocycles. The molecule has 1 unspecified atom stereocenters. The minimum absolute atomic E-state index is 0.120. The van der Waals surface area contributed by atoms with Gasteiger partial charge < -0.3 is 10.0 Å². The molecule has 0 bridgehead atoms. The van der Waals surface area contributed by atoms with Gasteiger partial charge in [0.2, 0.25) is 0 Å². The summed E-state index contributed by atoms with van der Waals surface area (Å²) in [6.07, 6.45) is 3.02. The Morgan fingerprint density at radius 1 is 1.07 bits per heavy atom. The molecule has 1 N–H and O–H groups in total. The third-order valence-corrected chi connectivity index (χ3v) is 5.49. The standard InChI is InChI=1S/C22H24ClN5O2/c23-20-8-6-19(7-9-20)21(29)27-11-10-26(12-18-4-2-1-3-5-18)13-22(30,14-27)15-28-17-24-16-25-28/h1-9,16-17,30H,10-15H2. The van der Waals surface area contributed by atoms with Crippen molar-refractivity contribution in [3.05, 3.63) is 83.4 Å².